The zero-order valence-electron chi connectivity index (χ0n) is 18.2. The molecule has 0 amide bonds. The van der Waals surface area contributed by atoms with Crippen molar-refractivity contribution in [2.75, 3.05) is 13.7 Å². The maximum absolute atomic E-state index is 12.8. The molecule has 1 heterocycles. The van der Waals surface area contributed by atoms with Crippen LogP contribution >= 0.6 is 0 Å². The number of hydrogen-bond acceptors (Lipinski definition) is 4. The standard InChI is InChI=1S/C26H27NO5/c1-19-7-13-22(14-8-19)25(28)23-6-4-16-27(23)15-3-5-20-9-11-21(12-10-20)17-32-18-24(31-2)26(29)30/h3-14,16,24H,15,17-18H2,1-2H3,(H,29,30)/b5-3+. The van der Waals surface area contributed by atoms with E-state index < -0.39 is 12.1 Å². The highest BCUT2D eigenvalue weighted by Crippen LogP contribution is 2.13. The molecule has 1 unspecified atom stereocenters. The molecular weight excluding hydrogens is 406 g/mol. The fourth-order valence-corrected chi connectivity index (χ4v) is 3.18. The van der Waals surface area contributed by atoms with E-state index in [0.29, 0.717) is 24.4 Å². The predicted octanol–water partition coefficient (Wildman–Crippen LogP) is 4.36. The number of ketones is 1. The number of rotatable bonds is 11. The molecule has 0 fully saturated rings. The molecule has 1 N–H and O–H groups in total. The van der Waals surface area contributed by atoms with E-state index in [2.05, 4.69) is 0 Å². The van der Waals surface area contributed by atoms with Gasteiger partial charge in [-0.05, 0) is 30.2 Å². The molecule has 166 valence electrons. The van der Waals surface area contributed by atoms with Crippen molar-refractivity contribution in [1.82, 2.24) is 4.57 Å². The summed E-state index contributed by atoms with van der Waals surface area (Å²) in [6.07, 6.45) is 4.94. The Balaban J connectivity index is 1.54. The molecule has 0 spiro atoms. The van der Waals surface area contributed by atoms with E-state index >= 15 is 0 Å². The van der Waals surface area contributed by atoms with E-state index in [-0.39, 0.29) is 12.4 Å². The van der Waals surface area contributed by atoms with Crippen molar-refractivity contribution >= 4 is 17.8 Å². The number of allylic oxidation sites excluding steroid dienone is 1. The van der Waals surface area contributed by atoms with Crippen molar-refractivity contribution < 1.29 is 24.2 Å². The van der Waals surface area contributed by atoms with Gasteiger partial charge in [-0.2, -0.15) is 0 Å². The fraction of sp³-hybridized carbons (Fsp3) is 0.231. The van der Waals surface area contributed by atoms with Gasteiger partial charge < -0.3 is 19.1 Å². The number of methoxy groups -OCH3 is 1. The molecular formula is C26H27NO5. The Hall–Kier alpha value is -3.48. The summed E-state index contributed by atoms with van der Waals surface area (Å²) in [7, 11) is 1.35. The third-order valence-electron chi connectivity index (χ3n) is 5.07. The number of carbonyl (C=O) groups is 2. The molecule has 0 saturated heterocycles. The number of benzene rings is 2. The summed E-state index contributed by atoms with van der Waals surface area (Å²) >= 11 is 0. The fourth-order valence-electron chi connectivity index (χ4n) is 3.18. The van der Waals surface area contributed by atoms with Crippen molar-refractivity contribution in [3.8, 4) is 0 Å². The summed E-state index contributed by atoms with van der Waals surface area (Å²) in [6.45, 7) is 2.88. The molecule has 2 aromatic carbocycles. The van der Waals surface area contributed by atoms with Gasteiger partial charge in [0.1, 0.15) is 0 Å². The van der Waals surface area contributed by atoms with Crippen molar-refractivity contribution in [3.05, 3.63) is 101 Å². The van der Waals surface area contributed by atoms with Gasteiger partial charge in [-0.1, -0.05) is 66.2 Å². The van der Waals surface area contributed by atoms with E-state index in [0.717, 1.165) is 16.7 Å². The first-order valence-electron chi connectivity index (χ1n) is 10.3. The smallest absolute Gasteiger partial charge is 0.335 e. The van der Waals surface area contributed by atoms with E-state index in [1.807, 2.05) is 90.5 Å². The molecule has 6 nitrogen and oxygen atoms in total. The highest BCUT2D eigenvalue weighted by molar-refractivity contribution is 6.08. The molecule has 0 bridgehead atoms. The summed E-state index contributed by atoms with van der Waals surface area (Å²) in [4.78, 5) is 23.7. The number of nitrogens with zero attached hydrogens (tertiary/aromatic N) is 1. The number of aryl methyl sites for hydroxylation is 1. The Kier molecular flexibility index (Phi) is 8.14. The maximum Gasteiger partial charge on any atom is 0.335 e. The second-order valence-corrected chi connectivity index (χ2v) is 7.46. The van der Waals surface area contributed by atoms with Crippen molar-refractivity contribution in [2.45, 2.75) is 26.2 Å². The van der Waals surface area contributed by atoms with Crippen LogP contribution in [0.5, 0.6) is 0 Å². The number of carboxylic acid groups (broad SMARTS) is 1. The molecule has 0 aliphatic heterocycles. The second-order valence-electron chi connectivity index (χ2n) is 7.46. The van der Waals surface area contributed by atoms with Crippen LogP contribution in [0.15, 0.2) is 72.9 Å². The molecule has 0 aliphatic carbocycles. The van der Waals surface area contributed by atoms with Crippen LogP contribution in [0.4, 0.5) is 0 Å². The molecule has 0 aliphatic rings. The van der Waals surface area contributed by atoms with E-state index in [4.69, 9.17) is 14.6 Å². The number of aliphatic carboxylic acids is 1. The summed E-state index contributed by atoms with van der Waals surface area (Å²) in [5, 5.41) is 8.94. The van der Waals surface area contributed by atoms with Gasteiger partial charge in [-0.15, -0.1) is 0 Å². The van der Waals surface area contributed by atoms with Gasteiger partial charge >= 0.3 is 5.97 Å². The first-order valence-corrected chi connectivity index (χ1v) is 10.3. The van der Waals surface area contributed by atoms with Gasteiger partial charge in [0.25, 0.3) is 0 Å². The van der Waals surface area contributed by atoms with Crippen LogP contribution in [-0.4, -0.2) is 41.2 Å². The monoisotopic (exact) mass is 433 g/mol. The lowest BCUT2D eigenvalue weighted by molar-refractivity contribution is -0.152. The Morgan fingerprint density at radius 2 is 1.78 bits per heavy atom. The Morgan fingerprint density at radius 1 is 1.06 bits per heavy atom. The first kappa shape index (κ1) is 23.2. The van der Waals surface area contributed by atoms with Crippen LogP contribution in [0.3, 0.4) is 0 Å². The predicted molar refractivity (Wildman–Crippen MR) is 123 cm³/mol. The Bertz CT molecular complexity index is 1060. The van der Waals surface area contributed by atoms with Gasteiger partial charge in [0.15, 0.2) is 6.10 Å². The Morgan fingerprint density at radius 3 is 2.44 bits per heavy atom. The molecule has 3 aromatic rings. The summed E-state index contributed by atoms with van der Waals surface area (Å²) in [5.41, 5.74) is 4.42. The zero-order valence-corrected chi connectivity index (χ0v) is 18.2. The normalized spacial score (nSPS) is 12.2. The van der Waals surface area contributed by atoms with Crippen LogP contribution < -0.4 is 0 Å². The number of carbonyl (C=O) groups excluding carboxylic acids is 1. The lowest BCUT2D eigenvalue weighted by Gasteiger charge is -2.11. The van der Waals surface area contributed by atoms with Crippen LogP contribution in [0, 0.1) is 6.92 Å². The van der Waals surface area contributed by atoms with E-state index in [9.17, 15) is 9.59 Å². The number of ether oxygens (including phenoxy) is 2. The topological polar surface area (TPSA) is 77.8 Å². The quantitative estimate of drug-likeness (QED) is 0.455. The van der Waals surface area contributed by atoms with Crippen LogP contribution in [0.25, 0.3) is 6.08 Å². The zero-order chi connectivity index (χ0) is 22.9. The van der Waals surface area contributed by atoms with Crippen LogP contribution in [0.2, 0.25) is 0 Å². The van der Waals surface area contributed by atoms with Crippen molar-refractivity contribution in [2.24, 2.45) is 0 Å². The van der Waals surface area contributed by atoms with E-state index in [1.54, 1.807) is 0 Å². The van der Waals surface area contributed by atoms with Gasteiger partial charge in [0.2, 0.25) is 5.78 Å². The maximum atomic E-state index is 12.8. The highest BCUT2D eigenvalue weighted by atomic mass is 16.5. The Labute approximate surface area is 187 Å². The molecule has 6 heteroatoms. The molecule has 0 radical (unpaired) electrons. The summed E-state index contributed by atoms with van der Waals surface area (Å²) in [6, 6.07) is 19.1. The third-order valence-corrected chi connectivity index (χ3v) is 5.07. The molecule has 3 rings (SSSR count). The highest BCUT2D eigenvalue weighted by Gasteiger charge is 2.16. The minimum Gasteiger partial charge on any atom is -0.479 e. The minimum absolute atomic E-state index is 0.00589. The average Bonchev–Trinajstić information content (AvgIpc) is 3.26. The minimum atomic E-state index is -1.04. The molecule has 0 saturated carbocycles. The second kappa shape index (κ2) is 11.2. The van der Waals surface area contributed by atoms with Crippen molar-refractivity contribution in [1.29, 1.82) is 0 Å². The van der Waals surface area contributed by atoms with Crippen molar-refractivity contribution in [3.63, 3.8) is 0 Å². The lowest BCUT2D eigenvalue weighted by Crippen LogP contribution is -2.27. The largest absolute Gasteiger partial charge is 0.479 e. The average molecular weight is 434 g/mol. The number of aromatic nitrogens is 1. The third kappa shape index (κ3) is 6.26. The number of carboxylic acids is 1. The van der Waals surface area contributed by atoms with Crippen LogP contribution in [0.1, 0.15) is 32.7 Å². The van der Waals surface area contributed by atoms with E-state index in [1.165, 1.54) is 7.11 Å². The van der Waals surface area contributed by atoms with Crippen LogP contribution in [-0.2, 0) is 27.4 Å². The first-order chi connectivity index (χ1) is 15.5. The molecule has 1 aromatic heterocycles. The van der Waals surface area contributed by atoms with Gasteiger partial charge in [0, 0.05) is 25.4 Å². The summed E-state index contributed by atoms with van der Waals surface area (Å²) in [5.74, 6) is -1.04. The van der Waals surface area contributed by atoms with Gasteiger partial charge in [0.05, 0.1) is 18.9 Å². The number of hydrogen-bond donors (Lipinski definition) is 1. The van der Waals surface area contributed by atoms with Gasteiger partial charge in [-0.25, -0.2) is 4.79 Å². The molecule has 32 heavy (non-hydrogen) atoms. The SMILES string of the molecule is COC(COCc1ccc(/C=C/Cn2cccc2C(=O)c2ccc(C)cc2)cc1)C(=O)O. The molecule has 1 atom stereocenters. The van der Waals surface area contributed by atoms with Gasteiger partial charge in [-0.3, -0.25) is 4.79 Å². The lowest BCUT2D eigenvalue weighted by atomic mass is 10.1. The summed E-state index contributed by atoms with van der Waals surface area (Å²) < 4.78 is 12.2.